The summed E-state index contributed by atoms with van der Waals surface area (Å²) in [5.74, 6) is 1.71. The van der Waals surface area contributed by atoms with Crippen molar-refractivity contribution in [1.82, 2.24) is 0 Å². The molecular weight excluding hydrogens is 611 g/mol. The summed E-state index contributed by atoms with van der Waals surface area (Å²) in [7, 11) is -2.27. The largest absolute Gasteiger partial charge is 0.413 e. The van der Waals surface area contributed by atoms with Crippen LogP contribution >= 0.6 is 0 Å². The van der Waals surface area contributed by atoms with Gasteiger partial charge in [0.1, 0.15) is 7.11 Å². The molecule has 0 aromatic carbocycles. The Kier molecular flexibility index (Phi) is 11.7. The smallest absolute Gasteiger partial charge is 0.192 e. The van der Waals surface area contributed by atoms with Crippen molar-refractivity contribution in [3.63, 3.8) is 0 Å². The van der Waals surface area contributed by atoms with Crippen molar-refractivity contribution < 1.29 is 13.7 Å². The van der Waals surface area contributed by atoms with E-state index in [2.05, 4.69) is 117 Å². The second kappa shape index (κ2) is 14.4. The molecule has 5 atom stereocenters. The molecule has 6 heteroatoms. The lowest BCUT2D eigenvalue weighted by Gasteiger charge is -2.45. The fraction of sp³-hybridized carbons (Fsp3) is 0.732. The molecule has 3 saturated carbocycles. The highest BCUT2D eigenvalue weighted by Gasteiger charge is 2.47. The molecule has 0 spiro atoms. The van der Waals surface area contributed by atoms with Crippen LogP contribution in [0.4, 0.5) is 0 Å². The van der Waals surface area contributed by atoms with Crippen molar-refractivity contribution in [2.45, 2.75) is 162 Å². The highest BCUT2D eigenvalue weighted by molar-refractivity contribution is 6.74. The molecule has 0 radical (unpaired) electrons. The fourth-order valence-corrected chi connectivity index (χ4v) is 10.3. The number of hydrogen-bond acceptors (Lipinski definition) is 4. The predicted molar refractivity (Wildman–Crippen MR) is 207 cm³/mol. The van der Waals surface area contributed by atoms with Gasteiger partial charge in [0.2, 0.25) is 0 Å². The third kappa shape index (κ3) is 8.82. The van der Waals surface area contributed by atoms with E-state index in [0.29, 0.717) is 17.8 Å². The number of allylic oxidation sites excluding steroid dienone is 7. The van der Waals surface area contributed by atoms with Crippen LogP contribution in [0.1, 0.15) is 113 Å². The van der Waals surface area contributed by atoms with Gasteiger partial charge < -0.3 is 13.7 Å². The maximum absolute atomic E-state index is 7.10. The molecule has 0 aromatic rings. The summed E-state index contributed by atoms with van der Waals surface area (Å²) in [5.41, 5.74) is 7.13. The van der Waals surface area contributed by atoms with Crippen molar-refractivity contribution in [2.24, 2.45) is 28.3 Å². The average Bonchev–Trinajstić information content (AvgIpc) is 3.72. The predicted octanol–water partition coefficient (Wildman–Crippen LogP) is 12.1. The van der Waals surface area contributed by atoms with Crippen LogP contribution in [0.3, 0.4) is 0 Å². The summed E-state index contributed by atoms with van der Waals surface area (Å²) in [5, 5.41) is 4.61. The van der Waals surface area contributed by atoms with Gasteiger partial charge in [0, 0.05) is 12.3 Å². The lowest BCUT2D eigenvalue weighted by atomic mass is 9.62. The first-order valence-electron chi connectivity index (χ1n) is 18.6. The Balaban J connectivity index is 1.54. The molecule has 0 amide bonds. The van der Waals surface area contributed by atoms with Crippen LogP contribution in [0.15, 0.2) is 64.4 Å². The van der Waals surface area contributed by atoms with Gasteiger partial charge in [0.25, 0.3) is 0 Å². The lowest BCUT2D eigenvalue weighted by Crippen LogP contribution is -2.49. The normalized spacial score (nSPS) is 30.7. The van der Waals surface area contributed by atoms with Gasteiger partial charge in [0.05, 0.1) is 17.9 Å². The van der Waals surface area contributed by atoms with Gasteiger partial charge in [0.15, 0.2) is 16.6 Å². The first-order valence-corrected chi connectivity index (χ1v) is 24.4. The molecule has 4 rings (SSSR count). The molecule has 3 fully saturated rings. The summed E-state index contributed by atoms with van der Waals surface area (Å²) < 4.78 is 14.2. The van der Waals surface area contributed by atoms with Gasteiger partial charge in [-0.3, -0.25) is 0 Å². The summed E-state index contributed by atoms with van der Waals surface area (Å²) in [6.07, 6.45) is 22.5. The van der Waals surface area contributed by atoms with E-state index in [0.717, 1.165) is 31.4 Å². The zero-order valence-corrected chi connectivity index (χ0v) is 34.5. The quantitative estimate of drug-likeness (QED) is 0.0944. The van der Waals surface area contributed by atoms with Crippen LogP contribution in [0, 0.1) is 23.2 Å². The third-order valence-corrected chi connectivity index (χ3v) is 21.9. The van der Waals surface area contributed by atoms with E-state index in [1.54, 1.807) is 18.3 Å². The van der Waals surface area contributed by atoms with Gasteiger partial charge in [-0.25, -0.2) is 0 Å². The molecule has 4 aliphatic rings. The van der Waals surface area contributed by atoms with Gasteiger partial charge in [-0.05, 0) is 122 Å². The van der Waals surface area contributed by atoms with E-state index < -0.39 is 16.6 Å². The molecule has 0 heterocycles. The Morgan fingerprint density at radius 2 is 1.68 bits per heavy atom. The lowest BCUT2D eigenvalue weighted by molar-refractivity contribution is 0.0969. The van der Waals surface area contributed by atoms with Crippen LogP contribution in [0.5, 0.6) is 0 Å². The molecule has 4 nitrogen and oxygen atoms in total. The van der Waals surface area contributed by atoms with Crippen LogP contribution in [0.25, 0.3) is 0 Å². The summed E-state index contributed by atoms with van der Waals surface area (Å²) in [6, 6.07) is 0. The Morgan fingerprint density at radius 3 is 2.28 bits per heavy atom. The number of hydrogen-bond donors (Lipinski definition) is 0. The summed E-state index contributed by atoms with van der Waals surface area (Å²) in [4.78, 5) is 5.11. The minimum atomic E-state index is -1.99. The van der Waals surface area contributed by atoms with Gasteiger partial charge >= 0.3 is 0 Å². The molecule has 0 aromatic heterocycles. The minimum Gasteiger partial charge on any atom is -0.413 e. The first-order chi connectivity index (χ1) is 21.7. The second-order valence-electron chi connectivity index (χ2n) is 18.5. The molecule has 0 bridgehead atoms. The van der Waals surface area contributed by atoms with E-state index >= 15 is 0 Å². The van der Waals surface area contributed by atoms with E-state index in [4.69, 9.17) is 20.3 Å². The average molecular weight is 680 g/mol. The first kappa shape index (κ1) is 38.3. The molecule has 47 heavy (non-hydrogen) atoms. The third-order valence-electron chi connectivity index (χ3n) is 12.8. The molecule has 0 aliphatic heterocycles. The molecule has 0 unspecified atom stereocenters. The van der Waals surface area contributed by atoms with Crippen molar-refractivity contribution in [2.75, 3.05) is 7.11 Å². The standard InChI is InChI=1S/C41H69NO3Si2/c1-29(17-15-19-37(42-43-10)32-21-22-32)35-24-25-36-31(18-16-26-41(35,36)9)20-23-33-27-34(44-46(11,12)39(3,4)5)28-38(30(33)2)45-47(13,14)40(6,7)8/h15,19-20,23-24,29,32,34,36,38H,2,16-18,21-22,25-28H2,1,3-14H3/b19-15+,31-20+,33-23-,42-37+/t29-,34-,36+,38+,41-/m1/s1. The Bertz CT molecular complexity index is 1300. The summed E-state index contributed by atoms with van der Waals surface area (Å²) in [6.45, 7) is 33.2. The highest BCUT2D eigenvalue weighted by Crippen LogP contribution is 2.57. The SMILES string of the molecule is C=C1/C(=C\C=C2/CCC[C@]3(C)C([C@H](C)C/C=C/C(=N\OC)C4CC4)=CC[C@@H]23)C[C@@H](O[Si](C)(C)C(C)(C)C)C[C@@H]1O[Si](C)(C)C(C)(C)C. The van der Waals surface area contributed by atoms with Crippen LogP contribution in [0.2, 0.25) is 36.3 Å². The monoisotopic (exact) mass is 679 g/mol. The Hall–Kier alpha value is -1.48. The van der Waals surface area contributed by atoms with Crippen molar-refractivity contribution in [3.05, 3.63) is 59.3 Å². The second-order valence-corrected chi connectivity index (χ2v) is 28.0. The minimum absolute atomic E-state index is 0.0173. The van der Waals surface area contributed by atoms with Gasteiger partial charge in [-0.15, -0.1) is 0 Å². The van der Waals surface area contributed by atoms with E-state index in [-0.39, 0.29) is 27.7 Å². The van der Waals surface area contributed by atoms with Crippen LogP contribution in [-0.2, 0) is 13.7 Å². The molecule has 0 N–H and O–H groups in total. The zero-order chi connectivity index (χ0) is 35.0. The number of nitrogens with zero attached hydrogens (tertiary/aromatic N) is 1. The summed E-state index contributed by atoms with van der Waals surface area (Å²) >= 11 is 0. The molecule has 264 valence electrons. The van der Waals surface area contributed by atoms with E-state index in [1.807, 2.05) is 0 Å². The molecule has 4 aliphatic carbocycles. The molecular formula is C41H69NO3Si2. The van der Waals surface area contributed by atoms with Crippen molar-refractivity contribution in [1.29, 1.82) is 0 Å². The van der Waals surface area contributed by atoms with Gasteiger partial charge in [-0.2, -0.15) is 0 Å². The number of rotatable bonds is 11. The Morgan fingerprint density at radius 1 is 1.04 bits per heavy atom. The number of fused-ring (bicyclic) bond motifs is 1. The van der Waals surface area contributed by atoms with E-state index in [9.17, 15) is 0 Å². The van der Waals surface area contributed by atoms with Crippen LogP contribution in [-0.4, -0.2) is 41.7 Å². The van der Waals surface area contributed by atoms with Gasteiger partial charge in [-0.1, -0.05) is 103 Å². The van der Waals surface area contributed by atoms with E-state index in [1.165, 1.54) is 43.3 Å². The topological polar surface area (TPSA) is 40.0 Å². The van der Waals surface area contributed by atoms with Crippen molar-refractivity contribution >= 4 is 22.3 Å². The maximum atomic E-state index is 7.10. The maximum Gasteiger partial charge on any atom is 0.192 e. The van der Waals surface area contributed by atoms with Crippen molar-refractivity contribution in [3.8, 4) is 0 Å². The number of oxime groups is 1. The molecule has 0 saturated heterocycles. The highest BCUT2D eigenvalue weighted by atomic mass is 28.4. The fourth-order valence-electron chi connectivity index (χ4n) is 7.63. The Labute approximate surface area is 291 Å². The zero-order valence-electron chi connectivity index (χ0n) is 32.5. The van der Waals surface area contributed by atoms with Crippen LogP contribution < -0.4 is 0 Å².